The largest absolute Gasteiger partial charge is 0.507 e. The van der Waals surface area contributed by atoms with E-state index < -0.39 is 0 Å². The van der Waals surface area contributed by atoms with Crippen LogP contribution in [0.15, 0.2) is 34.1 Å². The first-order valence-electron chi connectivity index (χ1n) is 5.76. The number of carbonyl (C=O) groups excluding carboxylic acids is 1. The fraction of sp³-hybridized carbons (Fsp3) is 0.214. The molecule has 2 aromatic rings. The predicted octanol–water partition coefficient (Wildman–Crippen LogP) is 3.80. The number of aromatic hydroxyl groups is 1. The summed E-state index contributed by atoms with van der Waals surface area (Å²) in [6, 6.07) is 8.98. The van der Waals surface area contributed by atoms with Crippen molar-refractivity contribution in [3.05, 3.63) is 50.1 Å². The fourth-order valence-corrected chi connectivity index (χ4v) is 3.31. The van der Waals surface area contributed by atoms with Gasteiger partial charge in [-0.1, -0.05) is 11.6 Å². The van der Waals surface area contributed by atoms with Gasteiger partial charge in [-0.05, 0) is 47.1 Å². The summed E-state index contributed by atoms with van der Waals surface area (Å²) in [7, 11) is 1.73. The van der Waals surface area contributed by atoms with Crippen molar-refractivity contribution in [2.45, 2.75) is 13.5 Å². The molecular formula is C14H14BrNO2S. The average Bonchev–Trinajstić information content (AvgIpc) is 2.77. The number of halogens is 1. The number of rotatable bonds is 3. The van der Waals surface area contributed by atoms with Gasteiger partial charge in [0.15, 0.2) is 0 Å². The van der Waals surface area contributed by atoms with E-state index in [-0.39, 0.29) is 11.7 Å². The molecule has 0 saturated heterocycles. The van der Waals surface area contributed by atoms with Gasteiger partial charge in [0.05, 0.1) is 15.9 Å². The molecule has 0 bridgehead atoms. The summed E-state index contributed by atoms with van der Waals surface area (Å²) >= 11 is 5.00. The van der Waals surface area contributed by atoms with E-state index in [1.54, 1.807) is 41.5 Å². The van der Waals surface area contributed by atoms with Crippen molar-refractivity contribution in [1.82, 2.24) is 4.90 Å². The molecule has 0 radical (unpaired) electrons. The van der Waals surface area contributed by atoms with Gasteiger partial charge in [0.25, 0.3) is 5.91 Å². The Morgan fingerprint density at radius 3 is 2.74 bits per heavy atom. The Balaban J connectivity index is 2.16. The van der Waals surface area contributed by atoms with E-state index in [0.717, 1.165) is 14.2 Å². The second-order valence-corrected chi connectivity index (χ2v) is 6.94. The Morgan fingerprint density at radius 2 is 2.11 bits per heavy atom. The Bertz CT molecular complexity index is 609. The molecule has 1 N–H and O–H groups in total. The van der Waals surface area contributed by atoms with Crippen molar-refractivity contribution in [2.75, 3.05) is 7.05 Å². The topological polar surface area (TPSA) is 40.5 Å². The van der Waals surface area contributed by atoms with Gasteiger partial charge in [-0.15, -0.1) is 11.3 Å². The van der Waals surface area contributed by atoms with E-state index in [1.165, 1.54) is 0 Å². The minimum Gasteiger partial charge on any atom is -0.507 e. The second kappa shape index (κ2) is 5.75. The molecule has 0 atom stereocenters. The van der Waals surface area contributed by atoms with Crippen LogP contribution in [0, 0.1) is 6.92 Å². The number of nitrogens with zero attached hydrogens (tertiary/aromatic N) is 1. The highest BCUT2D eigenvalue weighted by atomic mass is 79.9. The van der Waals surface area contributed by atoms with Crippen molar-refractivity contribution in [2.24, 2.45) is 0 Å². The van der Waals surface area contributed by atoms with Crippen LogP contribution >= 0.6 is 27.3 Å². The molecule has 0 aliphatic rings. The fourth-order valence-electron chi connectivity index (χ4n) is 1.77. The maximum absolute atomic E-state index is 12.3. The molecular weight excluding hydrogens is 326 g/mol. The SMILES string of the molecule is Cc1ccc(O)c(C(=O)N(C)Cc2ccc(Br)s2)c1. The van der Waals surface area contributed by atoms with Crippen LogP contribution in [0.1, 0.15) is 20.8 Å². The van der Waals surface area contributed by atoms with E-state index in [0.29, 0.717) is 12.1 Å². The minimum absolute atomic E-state index is 0.0230. The molecule has 1 aromatic carbocycles. The molecule has 0 saturated carbocycles. The quantitative estimate of drug-likeness (QED) is 0.923. The lowest BCUT2D eigenvalue weighted by atomic mass is 10.1. The molecule has 2 rings (SSSR count). The van der Waals surface area contributed by atoms with Crippen LogP contribution in [0.3, 0.4) is 0 Å². The van der Waals surface area contributed by atoms with Gasteiger partial charge >= 0.3 is 0 Å². The van der Waals surface area contributed by atoms with Crippen molar-refractivity contribution < 1.29 is 9.90 Å². The molecule has 0 unspecified atom stereocenters. The van der Waals surface area contributed by atoms with E-state index in [4.69, 9.17) is 0 Å². The Morgan fingerprint density at radius 1 is 1.37 bits per heavy atom. The average molecular weight is 340 g/mol. The van der Waals surface area contributed by atoms with Gasteiger partial charge in [-0.25, -0.2) is 0 Å². The zero-order valence-electron chi connectivity index (χ0n) is 10.7. The third-order valence-electron chi connectivity index (χ3n) is 2.75. The number of amides is 1. The van der Waals surface area contributed by atoms with Crippen LogP contribution in [0.2, 0.25) is 0 Å². The standard InChI is InChI=1S/C14H14BrNO2S/c1-9-3-5-12(17)11(7-9)14(18)16(2)8-10-4-6-13(15)19-10/h3-7,17H,8H2,1-2H3. The van der Waals surface area contributed by atoms with E-state index >= 15 is 0 Å². The molecule has 1 amide bonds. The number of thiophene rings is 1. The molecule has 3 nitrogen and oxygen atoms in total. The first kappa shape index (κ1) is 14.1. The molecule has 1 heterocycles. The number of aryl methyl sites for hydroxylation is 1. The van der Waals surface area contributed by atoms with Crippen LogP contribution in [0.4, 0.5) is 0 Å². The predicted molar refractivity (Wildman–Crippen MR) is 80.7 cm³/mol. The summed E-state index contributed by atoms with van der Waals surface area (Å²) in [5, 5.41) is 9.77. The molecule has 0 aliphatic heterocycles. The molecule has 5 heteroatoms. The van der Waals surface area contributed by atoms with E-state index in [1.807, 2.05) is 19.1 Å². The van der Waals surface area contributed by atoms with E-state index in [9.17, 15) is 9.90 Å². The Kier molecular flexibility index (Phi) is 4.27. The highest BCUT2D eigenvalue weighted by Gasteiger charge is 2.16. The summed E-state index contributed by atoms with van der Waals surface area (Å²) in [6.45, 7) is 2.43. The van der Waals surface area contributed by atoms with Crippen LogP contribution in [0.5, 0.6) is 5.75 Å². The van der Waals surface area contributed by atoms with Crippen molar-refractivity contribution in [3.63, 3.8) is 0 Å². The first-order valence-corrected chi connectivity index (χ1v) is 7.37. The van der Waals surface area contributed by atoms with Gasteiger partial charge in [0.1, 0.15) is 5.75 Å². The monoisotopic (exact) mass is 339 g/mol. The third-order valence-corrected chi connectivity index (χ3v) is 4.36. The van der Waals surface area contributed by atoms with Crippen molar-refractivity contribution >= 4 is 33.2 Å². The van der Waals surface area contributed by atoms with Gasteiger partial charge in [0.2, 0.25) is 0 Å². The summed E-state index contributed by atoms with van der Waals surface area (Å²) in [4.78, 5) is 15.0. The highest BCUT2D eigenvalue weighted by molar-refractivity contribution is 9.11. The maximum atomic E-state index is 12.3. The summed E-state index contributed by atoms with van der Waals surface area (Å²) in [5.74, 6) is -0.152. The van der Waals surface area contributed by atoms with Crippen LogP contribution in [0.25, 0.3) is 0 Å². The molecule has 0 aliphatic carbocycles. The Hall–Kier alpha value is -1.33. The lowest BCUT2D eigenvalue weighted by Crippen LogP contribution is -2.25. The Labute approximate surface area is 124 Å². The van der Waals surface area contributed by atoms with E-state index in [2.05, 4.69) is 15.9 Å². The van der Waals surface area contributed by atoms with Crippen molar-refractivity contribution in [3.8, 4) is 5.75 Å². The number of hydrogen-bond acceptors (Lipinski definition) is 3. The number of benzene rings is 1. The molecule has 100 valence electrons. The molecule has 0 fully saturated rings. The van der Waals surface area contributed by atoms with Crippen LogP contribution < -0.4 is 0 Å². The van der Waals surface area contributed by atoms with Crippen LogP contribution in [-0.4, -0.2) is 23.0 Å². The minimum atomic E-state index is -0.175. The van der Waals surface area contributed by atoms with Gasteiger partial charge in [-0.2, -0.15) is 0 Å². The summed E-state index contributed by atoms with van der Waals surface area (Å²) in [5.41, 5.74) is 1.30. The first-order chi connectivity index (χ1) is 8.97. The lowest BCUT2D eigenvalue weighted by molar-refractivity contribution is 0.0783. The summed E-state index contributed by atoms with van der Waals surface area (Å²) in [6.07, 6.45) is 0. The molecule has 0 spiro atoms. The number of phenolic OH excluding ortho intramolecular Hbond substituents is 1. The van der Waals surface area contributed by atoms with Crippen LogP contribution in [-0.2, 0) is 6.54 Å². The number of phenols is 1. The van der Waals surface area contributed by atoms with Gasteiger partial charge in [0, 0.05) is 11.9 Å². The third kappa shape index (κ3) is 3.36. The lowest BCUT2D eigenvalue weighted by Gasteiger charge is -2.17. The van der Waals surface area contributed by atoms with Gasteiger partial charge < -0.3 is 10.0 Å². The maximum Gasteiger partial charge on any atom is 0.257 e. The second-order valence-electron chi connectivity index (χ2n) is 4.39. The highest BCUT2D eigenvalue weighted by Crippen LogP contribution is 2.25. The molecule has 1 aromatic heterocycles. The van der Waals surface area contributed by atoms with Crippen molar-refractivity contribution in [1.29, 1.82) is 0 Å². The summed E-state index contributed by atoms with van der Waals surface area (Å²) < 4.78 is 1.04. The zero-order chi connectivity index (χ0) is 14.0. The normalized spacial score (nSPS) is 10.5. The number of hydrogen-bond donors (Lipinski definition) is 1. The smallest absolute Gasteiger partial charge is 0.257 e. The zero-order valence-corrected chi connectivity index (χ0v) is 13.1. The number of carbonyl (C=O) groups is 1. The van der Waals surface area contributed by atoms with Gasteiger partial charge in [-0.3, -0.25) is 4.79 Å². The molecule has 19 heavy (non-hydrogen) atoms.